The van der Waals surface area contributed by atoms with Gasteiger partial charge in [-0.1, -0.05) is 0 Å². The molecule has 12 heavy (non-hydrogen) atoms. The first-order chi connectivity index (χ1) is 5.47. The van der Waals surface area contributed by atoms with Crippen molar-refractivity contribution in [1.29, 1.82) is 0 Å². The first-order valence-corrected chi connectivity index (χ1v) is 3.90. The molecule has 72 valence electrons. The third-order valence-corrected chi connectivity index (χ3v) is 1.94. The molecule has 2 nitrogen and oxygen atoms in total. The molecule has 0 aromatic rings. The van der Waals surface area contributed by atoms with Crippen LogP contribution in [0.1, 0.15) is 25.7 Å². The van der Waals surface area contributed by atoms with Crippen LogP contribution in [0, 0.1) is 0 Å². The van der Waals surface area contributed by atoms with Crippen LogP contribution in [-0.4, -0.2) is 23.7 Å². The molecule has 1 fully saturated rings. The minimum Gasteiger partial charge on any atom is -0.393 e. The molecular formula is C7H11F3O2. The number of rotatable bonds is 1. The van der Waals surface area contributed by atoms with Gasteiger partial charge in [0, 0.05) is 0 Å². The lowest BCUT2D eigenvalue weighted by Crippen LogP contribution is -2.29. The fourth-order valence-electron chi connectivity index (χ4n) is 1.35. The van der Waals surface area contributed by atoms with Crippen LogP contribution < -0.4 is 0 Å². The van der Waals surface area contributed by atoms with Gasteiger partial charge in [0.1, 0.15) is 0 Å². The molecule has 0 unspecified atom stereocenters. The first kappa shape index (κ1) is 9.80. The lowest BCUT2D eigenvalue weighted by molar-refractivity contribution is -0.346. The van der Waals surface area contributed by atoms with E-state index in [1.54, 1.807) is 0 Å². The van der Waals surface area contributed by atoms with Gasteiger partial charge >= 0.3 is 6.36 Å². The SMILES string of the molecule is OC1CCC(OC(F)(F)F)CC1. The summed E-state index contributed by atoms with van der Waals surface area (Å²) in [5.74, 6) is 0. The fraction of sp³-hybridized carbons (Fsp3) is 1.00. The van der Waals surface area contributed by atoms with E-state index in [2.05, 4.69) is 4.74 Å². The topological polar surface area (TPSA) is 29.5 Å². The van der Waals surface area contributed by atoms with E-state index < -0.39 is 18.6 Å². The molecule has 0 heterocycles. The van der Waals surface area contributed by atoms with E-state index in [1.807, 2.05) is 0 Å². The zero-order valence-electron chi connectivity index (χ0n) is 6.47. The van der Waals surface area contributed by atoms with Crippen LogP contribution in [0.25, 0.3) is 0 Å². The van der Waals surface area contributed by atoms with Crippen molar-refractivity contribution in [3.63, 3.8) is 0 Å². The third kappa shape index (κ3) is 3.40. The van der Waals surface area contributed by atoms with Crippen molar-refractivity contribution in [1.82, 2.24) is 0 Å². The monoisotopic (exact) mass is 184 g/mol. The van der Waals surface area contributed by atoms with E-state index >= 15 is 0 Å². The van der Waals surface area contributed by atoms with Gasteiger partial charge in [0.2, 0.25) is 0 Å². The summed E-state index contributed by atoms with van der Waals surface area (Å²) in [6, 6.07) is 0. The number of hydrogen-bond donors (Lipinski definition) is 1. The summed E-state index contributed by atoms with van der Waals surface area (Å²) < 4.78 is 38.8. The lowest BCUT2D eigenvalue weighted by Gasteiger charge is -2.25. The summed E-state index contributed by atoms with van der Waals surface area (Å²) in [5, 5.41) is 8.99. The van der Waals surface area contributed by atoms with Gasteiger partial charge < -0.3 is 5.11 Å². The average Bonchev–Trinajstić information content (AvgIpc) is 1.91. The Hall–Kier alpha value is -0.290. The Morgan fingerprint density at radius 1 is 1.08 bits per heavy atom. The summed E-state index contributed by atoms with van der Waals surface area (Å²) in [5.41, 5.74) is 0. The summed E-state index contributed by atoms with van der Waals surface area (Å²) in [7, 11) is 0. The van der Waals surface area contributed by atoms with E-state index in [9.17, 15) is 13.2 Å². The van der Waals surface area contributed by atoms with Crippen LogP contribution in [0.15, 0.2) is 0 Å². The van der Waals surface area contributed by atoms with Gasteiger partial charge in [0.15, 0.2) is 0 Å². The van der Waals surface area contributed by atoms with Gasteiger partial charge in [0.05, 0.1) is 12.2 Å². The first-order valence-electron chi connectivity index (χ1n) is 3.90. The van der Waals surface area contributed by atoms with Crippen molar-refractivity contribution < 1.29 is 23.0 Å². The van der Waals surface area contributed by atoms with Crippen molar-refractivity contribution in [2.24, 2.45) is 0 Å². The van der Waals surface area contributed by atoms with Crippen LogP contribution >= 0.6 is 0 Å². The van der Waals surface area contributed by atoms with Crippen molar-refractivity contribution in [3.05, 3.63) is 0 Å². The minimum atomic E-state index is -4.53. The molecule has 0 saturated heterocycles. The second-order valence-electron chi connectivity index (χ2n) is 2.99. The molecule has 0 bridgehead atoms. The summed E-state index contributed by atoms with van der Waals surface area (Å²) in [6.45, 7) is 0. The summed E-state index contributed by atoms with van der Waals surface area (Å²) >= 11 is 0. The van der Waals surface area contributed by atoms with Crippen molar-refractivity contribution in [2.75, 3.05) is 0 Å². The van der Waals surface area contributed by atoms with Gasteiger partial charge in [-0.3, -0.25) is 4.74 Å². The smallest absolute Gasteiger partial charge is 0.393 e. The Balaban J connectivity index is 2.26. The molecule has 0 spiro atoms. The molecule has 0 aromatic carbocycles. The van der Waals surface area contributed by atoms with Crippen molar-refractivity contribution in [3.8, 4) is 0 Å². The Bertz CT molecular complexity index is 138. The molecule has 0 amide bonds. The van der Waals surface area contributed by atoms with E-state index in [0.717, 1.165) is 0 Å². The largest absolute Gasteiger partial charge is 0.522 e. The zero-order valence-corrected chi connectivity index (χ0v) is 6.47. The lowest BCUT2D eigenvalue weighted by atomic mass is 9.95. The Labute approximate surface area is 68.3 Å². The van der Waals surface area contributed by atoms with E-state index in [1.165, 1.54) is 0 Å². The second kappa shape index (κ2) is 3.62. The van der Waals surface area contributed by atoms with Crippen LogP contribution in [0.2, 0.25) is 0 Å². The van der Waals surface area contributed by atoms with Crippen LogP contribution in [0.4, 0.5) is 13.2 Å². The highest BCUT2D eigenvalue weighted by Gasteiger charge is 2.34. The molecule has 1 N–H and O–H groups in total. The predicted octanol–water partition coefficient (Wildman–Crippen LogP) is 1.83. The molecule has 0 atom stereocenters. The average molecular weight is 184 g/mol. The second-order valence-corrected chi connectivity index (χ2v) is 2.99. The standard InChI is InChI=1S/C7H11F3O2/c8-7(9,10)12-6-3-1-5(11)2-4-6/h5-6,11H,1-4H2. The molecule has 0 radical (unpaired) electrons. The van der Waals surface area contributed by atoms with E-state index in [4.69, 9.17) is 5.11 Å². The summed E-state index contributed by atoms with van der Waals surface area (Å²) in [4.78, 5) is 0. The van der Waals surface area contributed by atoms with Crippen LogP contribution in [0.3, 0.4) is 0 Å². The minimum absolute atomic E-state index is 0.292. The highest BCUT2D eigenvalue weighted by Crippen LogP contribution is 2.27. The number of hydrogen-bond acceptors (Lipinski definition) is 2. The van der Waals surface area contributed by atoms with Gasteiger partial charge in [-0.05, 0) is 25.7 Å². The highest BCUT2D eigenvalue weighted by molar-refractivity contribution is 4.71. The van der Waals surface area contributed by atoms with E-state index in [-0.39, 0.29) is 0 Å². The zero-order chi connectivity index (χ0) is 9.19. The Kier molecular flexibility index (Phi) is 2.95. The third-order valence-electron chi connectivity index (χ3n) is 1.94. The molecule has 0 aromatic heterocycles. The number of aliphatic hydroxyl groups is 1. The summed E-state index contributed by atoms with van der Waals surface area (Å²) in [6.07, 6.45) is -4.35. The number of aliphatic hydroxyl groups excluding tert-OH is 1. The van der Waals surface area contributed by atoms with Crippen molar-refractivity contribution >= 4 is 0 Å². The van der Waals surface area contributed by atoms with Crippen LogP contribution in [-0.2, 0) is 4.74 Å². The molecule has 1 aliphatic rings. The number of alkyl halides is 3. The quantitative estimate of drug-likeness (QED) is 0.673. The molecule has 5 heteroatoms. The highest BCUT2D eigenvalue weighted by atomic mass is 19.4. The number of ether oxygens (including phenoxy) is 1. The molecule has 1 rings (SSSR count). The maximum atomic E-state index is 11.7. The normalized spacial score (nSPS) is 32.0. The van der Waals surface area contributed by atoms with Crippen LogP contribution in [0.5, 0.6) is 0 Å². The van der Waals surface area contributed by atoms with Gasteiger partial charge in [-0.25, -0.2) is 0 Å². The predicted molar refractivity (Wildman–Crippen MR) is 35.4 cm³/mol. The van der Waals surface area contributed by atoms with Gasteiger partial charge in [0.25, 0.3) is 0 Å². The van der Waals surface area contributed by atoms with Gasteiger partial charge in [-0.15, -0.1) is 13.2 Å². The van der Waals surface area contributed by atoms with E-state index in [0.29, 0.717) is 25.7 Å². The van der Waals surface area contributed by atoms with Gasteiger partial charge in [-0.2, -0.15) is 0 Å². The molecule has 1 aliphatic carbocycles. The maximum absolute atomic E-state index is 11.7. The number of halogens is 3. The fourth-order valence-corrected chi connectivity index (χ4v) is 1.35. The maximum Gasteiger partial charge on any atom is 0.522 e. The molecular weight excluding hydrogens is 173 g/mol. The Morgan fingerprint density at radius 2 is 1.58 bits per heavy atom. The Morgan fingerprint density at radius 3 is 2.00 bits per heavy atom. The molecule has 0 aliphatic heterocycles. The molecule has 1 saturated carbocycles. The van der Waals surface area contributed by atoms with Crippen molar-refractivity contribution in [2.45, 2.75) is 44.3 Å².